The highest BCUT2D eigenvalue weighted by Crippen LogP contribution is 2.24. The summed E-state index contributed by atoms with van der Waals surface area (Å²) in [6.07, 6.45) is 1.80. The molecule has 126 valence electrons. The van der Waals surface area contributed by atoms with Gasteiger partial charge in [-0.25, -0.2) is 4.98 Å². The molecule has 24 heavy (non-hydrogen) atoms. The molecule has 3 rings (SSSR count). The Kier molecular flexibility index (Phi) is 5.17. The SMILES string of the molecule is Nc1ccc(NC(=O)CN2CCN(c3ccccn3)CC2)c(Cl)c1. The third-order valence-corrected chi connectivity index (χ3v) is 4.29. The van der Waals surface area contributed by atoms with Crippen molar-refractivity contribution in [2.45, 2.75) is 0 Å². The number of piperazine rings is 1. The first-order chi connectivity index (χ1) is 11.6. The number of rotatable bonds is 4. The quantitative estimate of drug-likeness (QED) is 0.830. The van der Waals surface area contributed by atoms with Gasteiger partial charge in [0.05, 0.1) is 17.3 Å². The average molecular weight is 346 g/mol. The molecule has 2 aromatic rings. The number of hydrogen-bond donors (Lipinski definition) is 2. The van der Waals surface area contributed by atoms with Gasteiger partial charge in [-0.1, -0.05) is 17.7 Å². The maximum absolute atomic E-state index is 12.2. The fraction of sp³-hybridized carbons (Fsp3) is 0.294. The van der Waals surface area contributed by atoms with Crippen LogP contribution in [0.15, 0.2) is 42.6 Å². The van der Waals surface area contributed by atoms with Crippen molar-refractivity contribution in [1.29, 1.82) is 0 Å². The van der Waals surface area contributed by atoms with Gasteiger partial charge in [-0.3, -0.25) is 9.69 Å². The fourth-order valence-corrected chi connectivity index (χ4v) is 2.94. The smallest absolute Gasteiger partial charge is 0.238 e. The van der Waals surface area contributed by atoms with Crippen LogP contribution in [0.3, 0.4) is 0 Å². The minimum atomic E-state index is -0.0760. The molecule has 0 unspecified atom stereocenters. The van der Waals surface area contributed by atoms with Crippen molar-refractivity contribution in [1.82, 2.24) is 9.88 Å². The number of aromatic nitrogens is 1. The van der Waals surface area contributed by atoms with Crippen LogP contribution in [0.2, 0.25) is 5.02 Å². The van der Waals surface area contributed by atoms with E-state index < -0.39 is 0 Å². The molecule has 1 amide bonds. The maximum atomic E-state index is 12.2. The van der Waals surface area contributed by atoms with E-state index in [9.17, 15) is 4.79 Å². The molecule has 1 aliphatic rings. The van der Waals surface area contributed by atoms with E-state index in [2.05, 4.69) is 20.1 Å². The normalized spacial score (nSPS) is 15.3. The Hall–Kier alpha value is -2.31. The van der Waals surface area contributed by atoms with E-state index in [1.165, 1.54) is 0 Å². The van der Waals surface area contributed by atoms with Gasteiger partial charge in [-0.15, -0.1) is 0 Å². The van der Waals surface area contributed by atoms with E-state index in [-0.39, 0.29) is 5.91 Å². The molecule has 6 nitrogen and oxygen atoms in total. The minimum absolute atomic E-state index is 0.0760. The number of nitrogens with one attached hydrogen (secondary N) is 1. The van der Waals surface area contributed by atoms with Crippen LogP contribution in [-0.2, 0) is 4.79 Å². The van der Waals surface area contributed by atoms with Crippen molar-refractivity contribution in [3.05, 3.63) is 47.6 Å². The number of anilines is 3. The van der Waals surface area contributed by atoms with Crippen molar-refractivity contribution in [2.75, 3.05) is 48.7 Å². The van der Waals surface area contributed by atoms with Crippen molar-refractivity contribution in [2.24, 2.45) is 0 Å². The molecule has 1 fully saturated rings. The second kappa shape index (κ2) is 7.51. The summed E-state index contributed by atoms with van der Waals surface area (Å²) in [5.74, 6) is 0.906. The monoisotopic (exact) mass is 345 g/mol. The number of halogens is 1. The molecule has 1 aliphatic heterocycles. The third-order valence-electron chi connectivity index (χ3n) is 3.98. The summed E-state index contributed by atoms with van der Waals surface area (Å²) in [5, 5.41) is 3.28. The Bertz CT molecular complexity index is 701. The molecule has 2 heterocycles. The van der Waals surface area contributed by atoms with Crippen LogP contribution in [0.1, 0.15) is 0 Å². The zero-order chi connectivity index (χ0) is 16.9. The number of carbonyl (C=O) groups is 1. The number of hydrogen-bond acceptors (Lipinski definition) is 5. The van der Waals surface area contributed by atoms with Crippen molar-refractivity contribution >= 4 is 34.7 Å². The highest BCUT2D eigenvalue weighted by atomic mass is 35.5. The zero-order valence-corrected chi connectivity index (χ0v) is 14.0. The first kappa shape index (κ1) is 16.5. The van der Waals surface area contributed by atoms with E-state index >= 15 is 0 Å². The molecule has 0 bridgehead atoms. The van der Waals surface area contributed by atoms with Crippen molar-refractivity contribution in [3.8, 4) is 0 Å². The number of nitrogens with zero attached hydrogens (tertiary/aromatic N) is 3. The summed E-state index contributed by atoms with van der Waals surface area (Å²) in [6.45, 7) is 3.69. The average Bonchev–Trinajstić information content (AvgIpc) is 2.59. The first-order valence-corrected chi connectivity index (χ1v) is 8.23. The fourth-order valence-electron chi connectivity index (χ4n) is 2.70. The van der Waals surface area contributed by atoms with Gasteiger partial charge in [-0.2, -0.15) is 0 Å². The summed E-state index contributed by atoms with van der Waals surface area (Å²) in [4.78, 5) is 20.9. The second-order valence-electron chi connectivity index (χ2n) is 5.74. The van der Waals surface area contributed by atoms with Crippen LogP contribution in [-0.4, -0.2) is 48.5 Å². The van der Waals surface area contributed by atoms with Gasteiger partial charge in [0, 0.05) is 38.1 Å². The Morgan fingerprint density at radius 1 is 1.21 bits per heavy atom. The molecule has 1 aromatic heterocycles. The first-order valence-electron chi connectivity index (χ1n) is 7.85. The molecule has 0 aliphatic carbocycles. The lowest BCUT2D eigenvalue weighted by atomic mass is 10.2. The lowest BCUT2D eigenvalue weighted by Gasteiger charge is -2.34. The number of pyridine rings is 1. The van der Waals surface area contributed by atoms with Crippen LogP contribution in [0.4, 0.5) is 17.2 Å². The van der Waals surface area contributed by atoms with Gasteiger partial charge in [-0.05, 0) is 30.3 Å². The summed E-state index contributed by atoms with van der Waals surface area (Å²) in [5.41, 5.74) is 6.81. The van der Waals surface area contributed by atoms with Gasteiger partial charge in [0.15, 0.2) is 0 Å². The summed E-state index contributed by atoms with van der Waals surface area (Å²) < 4.78 is 0. The van der Waals surface area contributed by atoms with E-state index in [0.29, 0.717) is 22.9 Å². The topological polar surface area (TPSA) is 74.5 Å². The predicted octanol–water partition coefficient (Wildman–Crippen LogP) is 2.08. The second-order valence-corrected chi connectivity index (χ2v) is 6.15. The molecule has 0 saturated carbocycles. The van der Waals surface area contributed by atoms with Crippen LogP contribution in [0.25, 0.3) is 0 Å². The van der Waals surface area contributed by atoms with Gasteiger partial charge in [0.1, 0.15) is 5.82 Å². The third kappa shape index (κ3) is 4.15. The van der Waals surface area contributed by atoms with E-state index in [0.717, 1.165) is 32.0 Å². The lowest BCUT2D eigenvalue weighted by molar-refractivity contribution is -0.117. The van der Waals surface area contributed by atoms with Crippen LogP contribution >= 0.6 is 11.6 Å². The molecular weight excluding hydrogens is 326 g/mol. The molecule has 1 saturated heterocycles. The summed E-state index contributed by atoms with van der Waals surface area (Å²) in [6, 6.07) is 11.0. The molecule has 0 radical (unpaired) electrons. The van der Waals surface area contributed by atoms with E-state index in [1.54, 1.807) is 24.4 Å². The molecular formula is C17H20ClN5O. The summed E-state index contributed by atoms with van der Waals surface area (Å²) >= 11 is 6.08. The van der Waals surface area contributed by atoms with Gasteiger partial charge < -0.3 is 16.0 Å². The Morgan fingerprint density at radius 3 is 2.67 bits per heavy atom. The largest absolute Gasteiger partial charge is 0.399 e. The van der Waals surface area contributed by atoms with E-state index in [1.807, 2.05) is 18.2 Å². The van der Waals surface area contributed by atoms with Gasteiger partial charge >= 0.3 is 0 Å². The number of carbonyl (C=O) groups excluding carboxylic acids is 1. The number of nitrogen functional groups attached to an aromatic ring is 1. The highest BCUT2D eigenvalue weighted by Gasteiger charge is 2.20. The molecule has 7 heteroatoms. The van der Waals surface area contributed by atoms with Crippen LogP contribution < -0.4 is 16.0 Å². The predicted molar refractivity (Wildman–Crippen MR) is 97.4 cm³/mol. The molecule has 0 atom stereocenters. The number of nitrogens with two attached hydrogens (primary N) is 1. The van der Waals surface area contributed by atoms with E-state index in [4.69, 9.17) is 17.3 Å². The summed E-state index contributed by atoms with van der Waals surface area (Å²) in [7, 11) is 0. The van der Waals surface area contributed by atoms with Gasteiger partial charge in [0.2, 0.25) is 5.91 Å². The van der Waals surface area contributed by atoms with Gasteiger partial charge in [0.25, 0.3) is 0 Å². The number of benzene rings is 1. The minimum Gasteiger partial charge on any atom is -0.399 e. The highest BCUT2D eigenvalue weighted by molar-refractivity contribution is 6.34. The number of amides is 1. The molecule has 3 N–H and O–H groups in total. The Balaban J connectivity index is 1.50. The Morgan fingerprint density at radius 2 is 2.00 bits per heavy atom. The molecule has 0 spiro atoms. The zero-order valence-electron chi connectivity index (χ0n) is 13.3. The van der Waals surface area contributed by atoms with Crippen molar-refractivity contribution in [3.63, 3.8) is 0 Å². The maximum Gasteiger partial charge on any atom is 0.238 e. The Labute approximate surface area is 146 Å². The van der Waals surface area contributed by atoms with Crippen LogP contribution in [0, 0.1) is 0 Å². The molecule has 1 aromatic carbocycles. The lowest BCUT2D eigenvalue weighted by Crippen LogP contribution is -2.48. The van der Waals surface area contributed by atoms with Crippen molar-refractivity contribution < 1.29 is 4.79 Å². The standard InChI is InChI=1S/C17H20ClN5O/c18-14-11-13(19)4-5-15(14)21-17(24)12-22-7-9-23(10-8-22)16-3-1-2-6-20-16/h1-6,11H,7-10,12,19H2,(H,21,24). The van der Waals surface area contributed by atoms with Crippen LogP contribution in [0.5, 0.6) is 0 Å².